The van der Waals surface area contributed by atoms with Gasteiger partial charge in [0.2, 0.25) is 5.91 Å². The van der Waals surface area contributed by atoms with Crippen molar-refractivity contribution >= 4 is 12.2 Å². The van der Waals surface area contributed by atoms with E-state index in [4.69, 9.17) is 5.41 Å². The highest BCUT2D eigenvalue weighted by atomic mass is 16.1. The van der Waals surface area contributed by atoms with Crippen molar-refractivity contribution in [3.8, 4) is 0 Å². The minimum atomic E-state index is -0.134. The Morgan fingerprint density at radius 3 is 2.68 bits per heavy atom. The zero-order chi connectivity index (χ0) is 17.8. The summed E-state index contributed by atoms with van der Waals surface area (Å²) in [6.45, 7) is 6.62. The van der Waals surface area contributed by atoms with E-state index in [1.165, 1.54) is 22.3 Å². The summed E-state index contributed by atoms with van der Waals surface area (Å²) in [6.07, 6.45) is 0.988. The summed E-state index contributed by atoms with van der Waals surface area (Å²) < 4.78 is 0. The molecule has 130 valence electrons. The van der Waals surface area contributed by atoms with E-state index >= 15 is 0 Å². The van der Waals surface area contributed by atoms with E-state index in [1.54, 1.807) is 0 Å². The largest absolute Gasteiger partial charge is 0.317 e. The van der Waals surface area contributed by atoms with Crippen molar-refractivity contribution in [1.29, 1.82) is 5.41 Å². The molecule has 4 nitrogen and oxygen atoms in total. The molecule has 0 radical (unpaired) electrons. The van der Waals surface area contributed by atoms with Crippen LogP contribution < -0.4 is 5.32 Å². The second-order valence-electron chi connectivity index (χ2n) is 6.91. The van der Waals surface area contributed by atoms with Gasteiger partial charge in [-0.15, -0.1) is 0 Å². The van der Waals surface area contributed by atoms with Gasteiger partial charge in [0, 0.05) is 25.6 Å². The Balaban J connectivity index is 1.86. The van der Waals surface area contributed by atoms with Gasteiger partial charge in [0.05, 0.1) is 12.3 Å². The van der Waals surface area contributed by atoms with Gasteiger partial charge in [0.25, 0.3) is 0 Å². The maximum absolute atomic E-state index is 12.5. The van der Waals surface area contributed by atoms with E-state index < -0.39 is 0 Å². The Kier molecular flexibility index (Phi) is 5.29. The third-order valence-electron chi connectivity index (χ3n) is 5.03. The average Bonchev–Trinajstić information content (AvgIpc) is 3.02. The number of nitrogens with one attached hydrogen (secondary N) is 2. The van der Waals surface area contributed by atoms with Gasteiger partial charge in [-0.2, -0.15) is 0 Å². The molecule has 2 aromatic rings. The Labute approximate surface area is 149 Å². The summed E-state index contributed by atoms with van der Waals surface area (Å²) in [5.74, 6) is -0.0363. The zero-order valence-corrected chi connectivity index (χ0v) is 14.8. The average molecular weight is 335 g/mol. The molecular formula is C21H25N3O. The van der Waals surface area contributed by atoms with E-state index in [1.807, 2.05) is 18.2 Å². The van der Waals surface area contributed by atoms with Gasteiger partial charge in [-0.1, -0.05) is 54.1 Å². The van der Waals surface area contributed by atoms with Crippen molar-refractivity contribution in [2.75, 3.05) is 13.1 Å². The van der Waals surface area contributed by atoms with Crippen LogP contribution in [-0.4, -0.2) is 30.2 Å². The highest BCUT2D eigenvalue weighted by molar-refractivity contribution is 5.89. The van der Waals surface area contributed by atoms with Gasteiger partial charge in [0.15, 0.2) is 0 Å². The van der Waals surface area contributed by atoms with Crippen LogP contribution in [0.5, 0.6) is 0 Å². The summed E-state index contributed by atoms with van der Waals surface area (Å²) in [5, 5.41) is 9.78. The van der Waals surface area contributed by atoms with E-state index in [-0.39, 0.29) is 17.7 Å². The van der Waals surface area contributed by atoms with Crippen molar-refractivity contribution in [1.82, 2.24) is 10.2 Å². The molecular weight excluding hydrogens is 310 g/mol. The van der Waals surface area contributed by atoms with Crippen LogP contribution in [0.4, 0.5) is 0 Å². The first-order valence-electron chi connectivity index (χ1n) is 8.71. The number of benzene rings is 2. The quantitative estimate of drug-likeness (QED) is 0.651. The third kappa shape index (κ3) is 3.97. The lowest BCUT2D eigenvalue weighted by molar-refractivity contribution is -0.123. The molecule has 1 aliphatic rings. The molecule has 1 fully saturated rings. The molecule has 0 aliphatic carbocycles. The summed E-state index contributed by atoms with van der Waals surface area (Å²) >= 11 is 0. The van der Waals surface area contributed by atoms with Crippen LogP contribution in [0.15, 0.2) is 48.5 Å². The molecule has 1 saturated heterocycles. The highest BCUT2D eigenvalue weighted by Gasteiger charge is 2.38. The van der Waals surface area contributed by atoms with E-state index in [0.717, 1.165) is 19.4 Å². The fourth-order valence-electron chi connectivity index (χ4n) is 3.77. The summed E-state index contributed by atoms with van der Waals surface area (Å²) in [5.41, 5.74) is 4.95. The van der Waals surface area contributed by atoms with Crippen molar-refractivity contribution in [2.24, 2.45) is 5.92 Å². The Bertz CT molecular complexity index is 757. The molecule has 1 amide bonds. The molecule has 2 N–H and O–H groups in total. The fourth-order valence-corrected chi connectivity index (χ4v) is 3.77. The predicted octanol–water partition coefficient (Wildman–Crippen LogP) is 3.24. The van der Waals surface area contributed by atoms with Crippen LogP contribution in [0, 0.1) is 25.2 Å². The van der Waals surface area contributed by atoms with Crippen molar-refractivity contribution in [3.05, 3.63) is 70.8 Å². The first-order valence-corrected chi connectivity index (χ1v) is 8.71. The van der Waals surface area contributed by atoms with Gasteiger partial charge in [0.1, 0.15) is 0 Å². The second-order valence-corrected chi connectivity index (χ2v) is 6.91. The monoisotopic (exact) mass is 335 g/mol. The maximum Gasteiger partial charge on any atom is 0.230 e. The number of likely N-dealkylation sites (tertiary alicyclic amines) is 1. The number of hydrogen-bond donors (Lipinski definition) is 2. The summed E-state index contributed by atoms with van der Waals surface area (Å²) in [4.78, 5) is 14.9. The topological polar surface area (TPSA) is 56.2 Å². The van der Waals surface area contributed by atoms with E-state index in [9.17, 15) is 4.79 Å². The van der Waals surface area contributed by atoms with Gasteiger partial charge < -0.3 is 5.32 Å². The number of nitrogens with zero attached hydrogens (tertiary/aromatic N) is 1. The lowest BCUT2D eigenvalue weighted by Gasteiger charge is -2.20. The minimum Gasteiger partial charge on any atom is -0.317 e. The van der Waals surface area contributed by atoms with Crippen LogP contribution in [0.1, 0.15) is 28.2 Å². The van der Waals surface area contributed by atoms with Crippen LogP contribution in [0.3, 0.4) is 0 Å². The van der Waals surface area contributed by atoms with Gasteiger partial charge in [-0.05, 0) is 30.5 Å². The lowest BCUT2D eigenvalue weighted by Crippen LogP contribution is -2.33. The maximum atomic E-state index is 12.5. The highest BCUT2D eigenvalue weighted by Crippen LogP contribution is 2.35. The van der Waals surface area contributed by atoms with Crippen molar-refractivity contribution in [2.45, 2.75) is 26.3 Å². The van der Waals surface area contributed by atoms with Crippen LogP contribution in [-0.2, 0) is 11.3 Å². The second kappa shape index (κ2) is 7.62. The van der Waals surface area contributed by atoms with E-state index in [2.05, 4.69) is 54.4 Å². The molecule has 25 heavy (non-hydrogen) atoms. The minimum absolute atomic E-state index is 0.0588. The molecule has 2 unspecified atom stereocenters. The summed E-state index contributed by atoms with van der Waals surface area (Å²) in [6, 6.07) is 16.8. The SMILES string of the molecule is Cc1ccc(C)c(C2CN(Cc3ccccc3)CC2C(=O)NC=N)c1. The van der Waals surface area contributed by atoms with Crippen LogP contribution in [0.2, 0.25) is 0 Å². The van der Waals surface area contributed by atoms with Crippen LogP contribution >= 0.6 is 0 Å². The molecule has 1 aliphatic heterocycles. The zero-order valence-electron chi connectivity index (χ0n) is 14.8. The van der Waals surface area contributed by atoms with Gasteiger partial charge >= 0.3 is 0 Å². The molecule has 2 aromatic carbocycles. The standard InChI is InChI=1S/C21H25N3O/c1-15-8-9-16(2)18(10-15)19-12-24(11-17-6-4-3-5-7-17)13-20(19)21(25)23-14-22/h3-10,14,19-20H,11-13H2,1-2H3,(H2,22,23,25). The number of hydrogen-bond acceptors (Lipinski definition) is 3. The smallest absolute Gasteiger partial charge is 0.230 e. The van der Waals surface area contributed by atoms with E-state index in [0.29, 0.717) is 6.54 Å². The fraction of sp³-hybridized carbons (Fsp3) is 0.333. The molecule has 0 saturated carbocycles. The Morgan fingerprint density at radius 2 is 1.96 bits per heavy atom. The first-order chi connectivity index (χ1) is 12.1. The normalized spacial score (nSPS) is 20.4. The number of aryl methyl sites for hydroxylation is 2. The predicted molar refractivity (Wildman–Crippen MR) is 101 cm³/mol. The molecule has 1 heterocycles. The molecule has 0 aromatic heterocycles. The molecule has 0 bridgehead atoms. The number of rotatable bonds is 5. The van der Waals surface area contributed by atoms with Gasteiger partial charge in [-0.3, -0.25) is 15.1 Å². The number of amides is 1. The van der Waals surface area contributed by atoms with Crippen molar-refractivity contribution in [3.63, 3.8) is 0 Å². The molecule has 0 spiro atoms. The third-order valence-corrected chi connectivity index (χ3v) is 5.03. The van der Waals surface area contributed by atoms with Crippen molar-refractivity contribution < 1.29 is 4.79 Å². The number of carbonyl (C=O) groups is 1. The van der Waals surface area contributed by atoms with Crippen LogP contribution in [0.25, 0.3) is 0 Å². The Morgan fingerprint density at radius 1 is 1.20 bits per heavy atom. The molecule has 4 heteroatoms. The van der Waals surface area contributed by atoms with Gasteiger partial charge in [-0.25, -0.2) is 0 Å². The molecule has 2 atom stereocenters. The molecule has 3 rings (SSSR count). The first kappa shape index (κ1) is 17.4. The number of carbonyl (C=O) groups excluding carboxylic acids is 1. The summed E-state index contributed by atoms with van der Waals surface area (Å²) in [7, 11) is 0. The lowest BCUT2D eigenvalue weighted by atomic mass is 9.85. The Hall–Kier alpha value is -2.46.